The van der Waals surface area contributed by atoms with Crippen molar-refractivity contribution in [3.63, 3.8) is 0 Å². The van der Waals surface area contributed by atoms with Gasteiger partial charge >= 0.3 is 5.97 Å². The number of carboxylic acids is 1. The molecule has 0 aromatic carbocycles. The van der Waals surface area contributed by atoms with Gasteiger partial charge in [-0.15, -0.1) is 0 Å². The van der Waals surface area contributed by atoms with E-state index < -0.39 is 5.97 Å². The third-order valence-corrected chi connectivity index (χ3v) is 3.79. The summed E-state index contributed by atoms with van der Waals surface area (Å²) >= 11 is 1.47. The first kappa shape index (κ1) is 15.4. The molecule has 0 aliphatic rings. The van der Waals surface area contributed by atoms with E-state index in [0.29, 0.717) is 18.7 Å². The molecule has 0 radical (unpaired) electrons. The molecule has 0 saturated carbocycles. The van der Waals surface area contributed by atoms with Gasteiger partial charge < -0.3 is 10.0 Å². The summed E-state index contributed by atoms with van der Waals surface area (Å²) in [6.07, 6.45) is 4.26. The van der Waals surface area contributed by atoms with Crippen molar-refractivity contribution in [1.82, 2.24) is 14.3 Å². The first-order chi connectivity index (χ1) is 10.0. The van der Waals surface area contributed by atoms with Gasteiger partial charge in [-0.2, -0.15) is 0 Å². The van der Waals surface area contributed by atoms with Gasteiger partial charge in [0.05, 0.1) is 5.52 Å². The second-order valence-electron chi connectivity index (χ2n) is 4.63. The molecular formula is C14H17N3O3S. The first-order valence-electron chi connectivity index (χ1n) is 6.53. The lowest BCUT2D eigenvalue weighted by Crippen LogP contribution is -2.28. The minimum Gasteiger partial charge on any atom is -0.481 e. The molecule has 0 bridgehead atoms. The van der Waals surface area contributed by atoms with E-state index in [1.807, 2.05) is 35.1 Å². The van der Waals surface area contributed by atoms with Crippen LogP contribution in [0, 0.1) is 0 Å². The number of carbonyl (C=O) groups is 2. The second kappa shape index (κ2) is 6.62. The monoisotopic (exact) mass is 307 g/mol. The number of hydrogen-bond acceptors (Lipinski definition) is 4. The van der Waals surface area contributed by atoms with Crippen LogP contribution in [0.25, 0.3) is 5.52 Å². The maximum atomic E-state index is 12.5. The van der Waals surface area contributed by atoms with Gasteiger partial charge in [0.25, 0.3) is 5.91 Å². The van der Waals surface area contributed by atoms with Crippen LogP contribution in [-0.2, 0) is 4.79 Å². The van der Waals surface area contributed by atoms with Crippen LogP contribution >= 0.6 is 11.8 Å². The zero-order chi connectivity index (χ0) is 15.4. The Bertz CT molecular complexity index is 669. The molecule has 112 valence electrons. The van der Waals surface area contributed by atoms with Crippen molar-refractivity contribution in [2.75, 3.05) is 19.8 Å². The van der Waals surface area contributed by atoms with Gasteiger partial charge in [0.15, 0.2) is 10.9 Å². The topological polar surface area (TPSA) is 74.9 Å². The average molecular weight is 307 g/mol. The number of amides is 1. The van der Waals surface area contributed by atoms with Crippen LogP contribution in [0.2, 0.25) is 0 Å². The first-order valence-corrected chi connectivity index (χ1v) is 7.75. The van der Waals surface area contributed by atoms with E-state index in [4.69, 9.17) is 5.11 Å². The number of pyridine rings is 1. The highest BCUT2D eigenvalue weighted by molar-refractivity contribution is 7.98. The highest BCUT2D eigenvalue weighted by Crippen LogP contribution is 2.20. The molecule has 21 heavy (non-hydrogen) atoms. The molecule has 0 atom stereocenters. The molecule has 2 aromatic heterocycles. The predicted molar refractivity (Wildman–Crippen MR) is 80.8 cm³/mol. The van der Waals surface area contributed by atoms with Gasteiger partial charge in [0, 0.05) is 26.2 Å². The SMILES string of the molecule is CSc1nc(C(=O)N(C)CCCC(=O)O)c2ccccn12. The minimum absolute atomic E-state index is 0.0532. The Hall–Kier alpha value is -2.02. The normalized spacial score (nSPS) is 10.8. The summed E-state index contributed by atoms with van der Waals surface area (Å²) in [6, 6.07) is 5.60. The van der Waals surface area contributed by atoms with Gasteiger partial charge in [-0.05, 0) is 24.8 Å². The largest absolute Gasteiger partial charge is 0.481 e. The van der Waals surface area contributed by atoms with Crippen LogP contribution in [0.1, 0.15) is 23.3 Å². The second-order valence-corrected chi connectivity index (χ2v) is 5.40. The van der Waals surface area contributed by atoms with Crippen LogP contribution in [0.3, 0.4) is 0 Å². The minimum atomic E-state index is -0.854. The fraction of sp³-hybridized carbons (Fsp3) is 0.357. The molecule has 0 unspecified atom stereocenters. The van der Waals surface area contributed by atoms with Crippen molar-refractivity contribution in [1.29, 1.82) is 0 Å². The summed E-state index contributed by atoms with van der Waals surface area (Å²) in [4.78, 5) is 28.9. The molecule has 2 heterocycles. The fourth-order valence-corrected chi connectivity index (χ4v) is 2.60. The smallest absolute Gasteiger partial charge is 0.303 e. The van der Waals surface area contributed by atoms with Gasteiger partial charge in [0.2, 0.25) is 0 Å². The zero-order valence-corrected chi connectivity index (χ0v) is 12.8. The molecule has 6 nitrogen and oxygen atoms in total. The molecule has 2 aromatic rings. The lowest BCUT2D eigenvalue weighted by molar-refractivity contribution is -0.137. The molecule has 0 saturated heterocycles. The molecular weight excluding hydrogens is 290 g/mol. The molecule has 7 heteroatoms. The summed E-state index contributed by atoms with van der Waals surface area (Å²) in [5, 5.41) is 9.39. The number of thioether (sulfide) groups is 1. The fourth-order valence-electron chi connectivity index (χ4n) is 2.06. The Balaban J connectivity index is 2.21. The van der Waals surface area contributed by atoms with Gasteiger partial charge in [-0.1, -0.05) is 17.8 Å². The summed E-state index contributed by atoms with van der Waals surface area (Å²) in [7, 11) is 1.66. The van der Waals surface area contributed by atoms with Crippen molar-refractivity contribution in [2.24, 2.45) is 0 Å². The zero-order valence-electron chi connectivity index (χ0n) is 11.9. The Kier molecular flexibility index (Phi) is 4.85. The van der Waals surface area contributed by atoms with Crippen molar-refractivity contribution in [2.45, 2.75) is 18.0 Å². The number of carboxylic acid groups (broad SMARTS) is 1. The highest BCUT2D eigenvalue weighted by atomic mass is 32.2. The maximum absolute atomic E-state index is 12.5. The van der Waals surface area contributed by atoms with Crippen LogP contribution in [-0.4, -0.2) is 51.1 Å². The molecule has 2 rings (SSSR count). The van der Waals surface area contributed by atoms with Gasteiger partial charge in [0.1, 0.15) is 0 Å². The van der Waals surface area contributed by atoms with Crippen LogP contribution in [0.4, 0.5) is 0 Å². The number of hydrogen-bond donors (Lipinski definition) is 1. The van der Waals surface area contributed by atoms with E-state index in [2.05, 4.69) is 4.98 Å². The van der Waals surface area contributed by atoms with Crippen LogP contribution < -0.4 is 0 Å². The Labute approximate surface area is 126 Å². The lowest BCUT2D eigenvalue weighted by Gasteiger charge is -2.15. The number of rotatable bonds is 6. The summed E-state index contributed by atoms with van der Waals surface area (Å²) in [5.74, 6) is -1.04. The number of carbonyl (C=O) groups excluding carboxylic acids is 1. The quantitative estimate of drug-likeness (QED) is 0.826. The van der Waals surface area contributed by atoms with Crippen molar-refractivity contribution in [3.05, 3.63) is 30.1 Å². The third kappa shape index (κ3) is 3.36. The Morgan fingerprint density at radius 1 is 1.43 bits per heavy atom. The molecule has 1 N–H and O–H groups in total. The molecule has 0 fully saturated rings. The number of aromatic nitrogens is 2. The summed E-state index contributed by atoms with van der Waals surface area (Å²) in [5.41, 5.74) is 1.16. The maximum Gasteiger partial charge on any atom is 0.303 e. The van der Waals surface area contributed by atoms with E-state index in [1.165, 1.54) is 16.7 Å². The number of fused-ring (bicyclic) bond motifs is 1. The predicted octanol–water partition coefficient (Wildman–Crippen LogP) is 1.99. The van der Waals surface area contributed by atoms with Crippen LogP contribution in [0.5, 0.6) is 0 Å². The molecule has 0 aliphatic carbocycles. The molecule has 0 aliphatic heterocycles. The van der Waals surface area contributed by atoms with Crippen molar-refractivity contribution in [3.8, 4) is 0 Å². The highest BCUT2D eigenvalue weighted by Gasteiger charge is 2.20. The van der Waals surface area contributed by atoms with Gasteiger partial charge in [-0.3, -0.25) is 14.0 Å². The van der Waals surface area contributed by atoms with E-state index in [1.54, 1.807) is 7.05 Å². The van der Waals surface area contributed by atoms with E-state index >= 15 is 0 Å². The Morgan fingerprint density at radius 3 is 2.86 bits per heavy atom. The lowest BCUT2D eigenvalue weighted by atomic mass is 10.2. The number of aliphatic carboxylic acids is 1. The number of imidazole rings is 1. The number of nitrogens with zero attached hydrogens (tertiary/aromatic N) is 3. The average Bonchev–Trinajstić information content (AvgIpc) is 2.84. The standard InChI is InChI=1S/C14H17N3O3S/c1-16(8-5-7-11(18)19)13(20)12-10-6-3-4-9-17(10)14(15-12)21-2/h3-4,6,9H,5,7-8H2,1-2H3,(H,18,19). The third-order valence-electron chi connectivity index (χ3n) is 3.13. The molecule has 1 amide bonds. The summed E-state index contributed by atoms with van der Waals surface area (Å²) < 4.78 is 1.88. The van der Waals surface area contributed by atoms with E-state index in [0.717, 1.165) is 10.7 Å². The van der Waals surface area contributed by atoms with E-state index in [9.17, 15) is 9.59 Å². The van der Waals surface area contributed by atoms with Crippen LogP contribution in [0.15, 0.2) is 29.6 Å². The van der Waals surface area contributed by atoms with Crippen molar-refractivity contribution < 1.29 is 14.7 Å². The molecule has 0 spiro atoms. The van der Waals surface area contributed by atoms with E-state index in [-0.39, 0.29) is 12.3 Å². The Morgan fingerprint density at radius 2 is 2.19 bits per heavy atom. The van der Waals surface area contributed by atoms with Crippen molar-refractivity contribution >= 4 is 29.2 Å². The van der Waals surface area contributed by atoms with Gasteiger partial charge in [-0.25, -0.2) is 4.98 Å². The summed E-state index contributed by atoms with van der Waals surface area (Å²) in [6.45, 7) is 0.394.